The van der Waals surface area contributed by atoms with Crippen LogP contribution in [0, 0.1) is 11.7 Å². The van der Waals surface area contributed by atoms with Crippen molar-refractivity contribution in [3.05, 3.63) is 35.6 Å². The third-order valence-corrected chi connectivity index (χ3v) is 4.86. The standard InChI is InChI=1S/C19H28FN3OS/c1-4-5-10-21-18(24)17-12-23(19(25)22-13(2)3)11-16(17)14-6-8-15(20)9-7-14/h6-9,13,16-17H,4-5,10-12H2,1-3H3,(H,21,24)(H,22,25)/t16-,17-/m1/s1. The van der Waals surface area contributed by atoms with Gasteiger partial charge in [-0.1, -0.05) is 25.5 Å². The minimum absolute atomic E-state index is 0.00846. The maximum absolute atomic E-state index is 13.3. The smallest absolute Gasteiger partial charge is 0.225 e. The van der Waals surface area contributed by atoms with E-state index >= 15 is 0 Å². The Bertz CT molecular complexity index is 591. The summed E-state index contributed by atoms with van der Waals surface area (Å²) in [6.07, 6.45) is 2.01. The first-order valence-electron chi connectivity index (χ1n) is 9.01. The van der Waals surface area contributed by atoms with E-state index in [1.54, 1.807) is 12.1 Å². The molecular formula is C19H28FN3OS. The summed E-state index contributed by atoms with van der Waals surface area (Å²) in [6, 6.07) is 6.70. The van der Waals surface area contributed by atoms with E-state index in [0.29, 0.717) is 24.7 Å². The fourth-order valence-corrected chi connectivity index (χ4v) is 3.53. The van der Waals surface area contributed by atoms with Crippen LogP contribution < -0.4 is 10.6 Å². The molecule has 2 rings (SSSR count). The number of nitrogens with one attached hydrogen (secondary N) is 2. The fourth-order valence-electron chi connectivity index (χ4n) is 3.14. The van der Waals surface area contributed by atoms with Crippen LogP contribution in [0.15, 0.2) is 24.3 Å². The molecule has 138 valence electrons. The Morgan fingerprint density at radius 2 is 2.00 bits per heavy atom. The van der Waals surface area contributed by atoms with E-state index in [-0.39, 0.29) is 29.6 Å². The first kappa shape index (κ1) is 19.6. The summed E-state index contributed by atoms with van der Waals surface area (Å²) in [4.78, 5) is 14.7. The largest absolute Gasteiger partial charge is 0.360 e. The Labute approximate surface area is 155 Å². The number of hydrogen-bond donors (Lipinski definition) is 2. The molecule has 0 unspecified atom stereocenters. The van der Waals surface area contributed by atoms with Gasteiger partial charge in [-0.05, 0) is 50.2 Å². The molecule has 2 N–H and O–H groups in total. The number of amides is 1. The molecule has 1 aliphatic heterocycles. The maximum atomic E-state index is 13.3. The van der Waals surface area contributed by atoms with Crippen molar-refractivity contribution in [2.24, 2.45) is 5.92 Å². The Balaban J connectivity index is 2.14. The van der Waals surface area contributed by atoms with Gasteiger partial charge < -0.3 is 15.5 Å². The summed E-state index contributed by atoms with van der Waals surface area (Å²) < 4.78 is 13.3. The second-order valence-corrected chi connectivity index (χ2v) is 7.30. The van der Waals surface area contributed by atoms with Crippen LogP contribution in [0.3, 0.4) is 0 Å². The van der Waals surface area contributed by atoms with Crippen LogP contribution >= 0.6 is 12.2 Å². The zero-order chi connectivity index (χ0) is 18.4. The molecule has 1 heterocycles. The van der Waals surface area contributed by atoms with Crippen molar-refractivity contribution in [3.8, 4) is 0 Å². The molecule has 0 saturated carbocycles. The molecule has 2 atom stereocenters. The van der Waals surface area contributed by atoms with Gasteiger partial charge in [-0.25, -0.2) is 4.39 Å². The molecule has 25 heavy (non-hydrogen) atoms. The summed E-state index contributed by atoms with van der Waals surface area (Å²) in [5.41, 5.74) is 0.979. The highest BCUT2D eigenvalue weighted by atomic mass is 32.1. The Morgan fingerprint density at radius 1 is 1.32 bits per heavy atom. The van der Waals surface area contributed by atoms with Crippen LogP contribution in [-0.2, 0) is 4.79 Å². The van der Waals surface area contributed by atoms with Crippen LogP contribution in [-0.4, -0.2) is 41.6 Å². The number of nitrogens with zero attached hydrogens (tertiary/aromatic N) is 1. The van der Waals surface area contributed by atoms with Gasteiger partial charge in [0.15, 0.2) is 5.11 Å². The first-order valence-corrected chi connectivity index (χ1v) is 9.41. The lowest BCUT2D eigenvalue weighted by molar-refractivity contribution is -0.124. The second kappa shape index (κ2) is 9.13. The van der Waals surface area contributed by atoms with E-state index in [0.717, 1.165) is 18.4 Å². The highest BCUT2D eigenvalue weighted by Crippen LogP contribution is 2.33. The van der Waals surface area contributed by atoms with Gasteiger partial charge in [0, 0.05) is 31.6 Å². The molecular weight excluding hydrogens is 337 g/mol. The van der Waals surface area contributed by atoms with E-state index in [4.69, 9.17) is 12.2 Å². The van der Waals surface area contributed by atoms with E-state index in [9.17, 15) is 9.18 Å². The van der Waals surface area contributed by atoms with Crippen LogP contribution in [0.2, 0.25) is 0 Å². The summed E-state index contributed by atoms with van der Waals surface area (Å²) in [5, 5.41) is 6.95. The molecule has 1 aromatic carbocycles. The highest BCUT2D eigenvalue weighted by Gasteiger charge is 2.39. The average Bonchev–Trinajstić information content (AvgIpc) is 3.00. The number of benzene rings is 1. The van der Waals surface area contributed by atoms with Crippen molar-refractivity contribution in [1.29, 1.82) is 0 Å². The monoisotopic (exact) mass is 365 g/mol. The normalized spacial score (nSPS) is 20.0. The van der Waals surface area contributed by atoms with Crippen LogP contribution in [0.1, 0.15) is 45.1 Å². The molecule has 0 aromatic heterocycles. The van der Waals surface area contributed by atoms with E-state index < -0.39 is 0 Å². The highest BCUT2D eigenvalue weighted by molar-refractivity contribution is 7.80. The van der Waals surface area contributed by atoms with Gasteiger partial charge in [-0.3, -0.25) is 4.79 Å². The van der Waals surface area contributed by atoms with Gasteiger partial charge >= 0.3 is 0 Å². The van der Waals surface area contributed by atoms with Crippen LogP contribution in [0.5, 0.6) is 0 Å². The third kappa shape index (κ3) is 5.39. The van der Waals surface area contributed by atoms with E-state index in [2.05, 4.69) is 17.6 Å². The summed E-state index contributed by atoms with van der Waals surface area (Å²) in [6.45, 7) is 8.11. The van der Waals surface area contributed by atoms with Crippen molar-refractivity contribution in [2.45, 2.75) is 45.6 Å². The molecule has 1 amide bonds. The van der Waals surface area contributed by atoms with Gasteiger partial charge in [0.25, 0.3) is 0 Å². The van der Waals surface area contributed by atoms with Gasteiger partial charge in [0.2, 0.25) is 5.91 Å². The van der Waals surface area contributed by atoms with Crippen molar-refractivity contribution in [2.75, 3.05) is 19.6 Å². The minimum atomic E-state index is -0.264. The number of halogens is 1. The SMILES string of the molecule is CCCCNC(=O)[C@@H]1CN(C(=S)NC(C)C)C[C@@H]1c1ccc(F)cc1. The van der Waals surface area contributed by atoms with Gasteiger partial charge in [0.1, 0.15) is 5.82 Å². The Morgan fingerprint density at radius 3 is 2.60 bits per heavy atom. The van der Waals surface area contributed by atoms with E-state index in [1.807, 2.05) is 18.7 Å². The molecule has 1 aromatic rings. The van der Waals surface area contributed by atoms with Crippen molar-refractivity contribution >= 4 is 23.2 Å². The van der Waals surface area contributed by atoms with Crippen molar-refractivity contribution < 1.29 is 9.18 Å². The predicted octanol–water partition coefficient (Wildman–Crippen LogP) is 3.04. The zero-order valence-corrected chi connectivity index (χ0v) is 16.0. The minimum Gasteiger partial charge on any atom is -0.360 e. The van der Waals surface area contributed by atoms with Crippen LogP contribution in [0.4, 0.5) is 4.39 Å². The number of carbonyl (C=O) groups excluding carboxylic acids is 1. The first-order chi connectivity index (χ1) is 11.9. The van der Waals surface area contributed by atoms with Gasteiger partial charge in [-0.2, -0.15) is 0 Å². The average molecular weight is 366 g/mol. The fraction of sp³-hybridized carbons (Fsp3) is 0.579. The topological polar surface area (TPSA) is 44.4 Å². The molecule has 1 saturated heterocycles. The molecule has 0 radical (unpaired) electrons. The zero-order valence-electron chi connectivity index (χ0n) is 15.2. The Kier molecular flexibility index (Phi) is 7.17. The summed E-state index contributed by atoms with van der Waals surface area (Å²) in [7, 11) is 0. The number of likely N-dealkylation sites (tertiary alicyclic amines) is 1. The third-order valence-electron chi connectivity index (χ3n) is 4.48. The number of hydrogen-bond acceptors (Lipinski definition) is 2. The van der Waals surface area contributed by atoms with Gasteiger partial charge in [-0.15, -0.1) is 0 Å². The summed E-state index contributed by atoms with van der Waals surface area (Å²) in [5.74, 6) is -0.388. The summed E-state index contributed by atoms with van der Waals surface area (Å²) >= 11 is 5.48. The molecule has 1 fully saturated rings. The van der Waals surface area contributed by atoms with Crippen molar-refractivity contribution in [3.63, 3.8) is 0 Å². The number of carbonyl (C=O) groups is 1. The van der Waals surface area contributed by atoms with Crippen molar-refractivity contribution in [1.82, 2.24) is 15.5 Å². The number of unbranched alkanes of at least 4 members (excludes halogenated alkanes) is 1. The maximum Gasteiger partial charge on any atom is 0.225 e. The number of thiocarbonyl (C=S) groups is 1. The molecule has 0 bridgehead atoms. The lowest BCUT2D eigenvalue weighted by Crippen LogP contribution is -2.42. The molecule has 0 spiro atoms. The Hall–Kier alpha value is -1.69. The number of rotatable bonds is 6. The molecule has 4 nitrogen and oxygen atoms in total. The van der Waals surface area contributed by atoms with E-state index in [1.165, 1.54) is 12.1 Å². The van der Waals surface area contributed by atoms with Crippen LogP contribution in [0.25, 0.3) is 0 Å². The molecule has 6 heteroatoms. The lowest BCUT2D eigenvalue weighted by atomic mass is 9.88. The van der Waals surface area contributed by atoms with Gasteiger partial charge in [0.05, 0.1) is 5.92 Å². The predicted molar refractivity (Wildman–Crippen MR) is 103 cm³/mol. The second-order valence-electron chi connectivity index (χ2n) is 6.92. The lowest BCUT2D eigenvalue weighted by Gasteiger charge is -2.22. The molecule has 1 aliphatic rings. The quantitative estimate of drug-likeness (QED) is 0.601. The molecule has 0 aliphatic carbocycles.